The highest BCUT2D eigenvalue weighted by molar-refractivity contribution is 6.14. The quantitative estimate of drug-likeness (QED) is 0.415. The third-order valence-electron chi connectivity index (χ3n) is 1.67. The number of rotatable bonds is 0. The van der Waals surface area contributed by atoms with Gasteiger partial charge in [0.2, 0.25) is 0 Å². The fourth-order valence-corrected chi connectivity index (χ4v) is 1.21. The standard InChI is InChI=1S/C6H13BO/c1-5-3-4-6(2,7)8-5/h5H,3-4,7H2,1-2H3/t5-,6-/m1/s1. The molecular weight excluding hydrogens is 98.9 g/mol. The number of ether oxygens (including phenoxy) is 1. The Kier molecular flexibility index (Phi) is 1.36. The van der Waals surface area contributed by atoms with Crippen molar-refractivity contribution >= 4 is 7.85 Å². The Bertz CT molecular complexity index is 90.5. The van der Waals surface area contributed by atoms with Gasteiger partial charge >= 0.3 is 0 Å². The van der Waals surface area contributed by atoms with E-state index in [9.17, 15) is 0 Å². The molecule has 0 bridgehead atoms. The molecule has 46 valence electrons. The highest BCUT2D eigenvalue weighted by atomic mass is 16.5. The molecule has 1 aliphatic heterocycles. The molecule has 2 heteroatoms. The second-order valence-electron chi connectivity index (χ2n) is 3.23. The van der Waals surface area contributed by atoms with Crippen LogP contribution in [0, 0.1) is 0 Å². The minimum Gasteiger partial charge on any atom is -0.381 e. The Labute approximate surface area is 51.8 Å². The van der Waals surface area contributed by atoms with E-state index in [2.05, 4.69) is 21.7 Å². The van der Waals surface area contributed by atoms with Gasteiger partial charge in [0.05, 0.1) is 6.10 Å². The summed E-state index contributed by atoms with van der Waals surface area (Å²) in [5.74, 6) is 0. The molecule has 0 aromatic rings. The Morgan fingerprint density at radius 3 is 2.50 bits per heavy atom. The molecule has 1 rings (SSSR count). The molecular formula is C6H13BO. The van der Waals surface area contributed by atoms with E-state index in [0.717, 1.165) is 0 Å². The minimum absolute atomic E-state index is 0.166. The first-order valence-electron chi connectivity index (χ1n) is 3.28. The summed E-state index contributed by atoms with van der Waals surface area (Å²) in [5.41, 5.74) is 0.166. The molecule has 0 aromatic heterocycles. The van der Waals surface area contributed by atoms with Gasteiger partial charge in [-0.3, -0.25) is 0 Å². The summed E-state index contributed by atoms with van der Waals surface area (Å²) in [4.78, 5) is 0. The minimum atomic E-state index is 0.166. The fraction of sp³-hybridized carbons (Fsp3) is 1.00. The van der Waals surface area contributed by atoms with E-state index in [1.165, 1.54) is 12.8 Å². The lowest BCUT2D eigenvalue weighted by atomic mass is 9.81. The maximum atomic E-state index is 5.55. The summed E-state index contributed by atoms with van der Waals surface area (Å²) in [6, 6.07) is 0. The molecule has 1 fully saturated rings. The molecule has 0 aromatic carbocycles. The van der Waals surface area contributed by atoms with Gasteiger partial charge < -0.3 is 4.74 Å². The van der Waals surface area contributed by atoms with Crippen molar-refractivity contribution in [1.82, 2.24) is 0 Å². The van der Waals surface area contributed by atoms with Crippen molar-refractivity contribution in [2.75, 3.05) is 0 Å². The zero-order valence-corrected chi connectivity index (χ0v) is 5.90. The van der Waals surface area contributed by atoms with E-state index in [0.29, 0.717) is 6.10 Å². The van der Waals surface area contributed by atoms with Gasteiger partial charge in [0.15, 0.2) is 0 Å². The van der Waals surface area contributed by atoms with Crippen LogP contribution in [0.3, 0.4) is 0 Å². The van der Waals surface area contributed by atoms with E-state index < -0.39 is 0 Å². The molecule has 0 amide bonds. The first kappa shape index (κ1) is 6.15. The molecule has 8 heavy (non-hydrogen) atoms. The third kappa shape index (κ3) is 1.25. The monoisotopic (exact) mass is 112 g/mol. The predicted molar refractivity (Wildman–Crippen MR) is 36.7 cm³/mol. The van der Waals surface area contributed by atoms with Crippen LogP contribution in [0.1, 0.15) is 26.7 Å². The highest BCUT2D eigenvalue weighted by Crippen LogP contribution is 2.25. The number of hydrogen-bond donors (Lipinski definition) is 0. The summed E-state index contributed by atoms with van der Waals surface area (Å²) in [5, 5.41) is 0. The second kappa shape index (κ2) is 1.76. The summed E-state index contributed by atoms with van der Waals surface area (Å²) in [7, 11) is 2.15. The van der Waals surface area contributed by atoms with Crippen molar-refractivity contribution in [1.29, 1.82) is 0 Å². The fourth-order valence-electron chi connectivity index (χ4n) is 1.21. The molecule has 1 heterocycles. The molecule has 0 saturated carbocycles. The maximum absolute atomic E-state index is 5.55. The predicted octanol–water partition coefficient (Wildman–Crippen LogP) is 0.535. The summed E-state index contributed by atoms with van der Waals surface area (Å²) < 4.78 is 5.55. The van der Waals surface area contributed by atoms with E-state index in [-0.39, 0.29) is 5.50 Å². The van der Waals surface area contributed by atoms with Crippen LogP contribution < -0.4 is 0 Å². The van der Waals surface area contributed by atoms with E-state index >= 15 is 0 Å². The lowest BCUT2D eigenvalue weighted by Gasteiger charge is -2.16. The van der Waals surface area contributed by atoms with Crippen LogP contribution in [0.5, 0.6) is 0 Å². The zero-order valence-electron chi connectivity index (χ0n) is 5.90. The van der Waals surface area contributed by atoms with Gasteiger partial charge in [-0.25, -0.2) is 0 Å². The first-order chi connectivity index (χ1) is 3.60. The van der Waals surface area contributed by atoms with Gasteiger partial charge in [0.25, 0.3) is 0 Å². The van der Waals surface area contributed by atoms with Crippen molar-refractivity contribution in [3.63, 3.8) is 0 Å². The lowest BCUT2D eigenvalue weighted by molar-refractivity contribution is 0.0378. The van der Waals surface area contributed by atoms with Gasteiger partial charge in [-0.15, -0.1) is 0 Å². The topological polar surface area (TPSA) is 9.23 Å². The van der Waals surface area contributed by atoms with Crippen molar-refractivity contribution in [3.8, 4) is 0 Å². The largest absolute Gasteiger partial charge is 0.381 e. The molecule has 0 aliphatic carbocycles. The van der Waals surface area contributed by atoms with Crippen LogP contribution >= 0.6 is 0 Å². The zero-order chi connectivity index (χ0) is 6.20. The Balaban J connectivity index is 2.44. The normalized spacial score (nSPS) is 47.5. The second-order valence-corrected chi connectivity index (χ2v) is 3.23. The molecule has 2 atom stereocenters. The van der Waals surface area contributed by atoms with Crippen molar-refractivity contribution in [2.45, 2.75) is 38.3 Å². The Morgan fingerprint density at radius 2 is 2.38 bits per heavy atom. The average Bonchev–Trinajstić information content (AvgIpc) is 1.82. The molecule has 0 unspecified atom stereocenters. The molecule has 0 spiro atoms. The highest BCUT2D eigenvalue weighted by Gasteiger charge is 2.28. The molecule has 1 nitrogen and oxygen atoms in total. The van der Waals surface area contributed by atoms with Crippen LogP contribution in [0.15, 0.2) is 0 Å². The number of hydrogen-bond acceptors (Lipinski definition) is 1. The van der Waals surface area contributed by atoms with Crippen LogP contribution in [0.4, 0.5) is 0 Å². The lowest BCUT2D eigenvalue weighted by Crippen LogP contribution is -2.23. The van der Waals surface area contributed by atoms with E-state index in [1.807, 2.05) is 0 Å². The van der Waals surface area contributed by atoms with Crippen molar-refractivity contribution < 1.29 is 4.74 Å². The third-order valence-corrected chi connectivity index (χ3v) is 1.67. The van der Waals surface area contributed by atoms with E-state index in [1.54, 1.807) is 0 Å². The maximum Gasteiger partial charge on any atom is 0.142 e. The molecule has 0 radical (unpaired) electrons. The van der Waals surface area contributed by atoms with Crippen LogP contribution in [-0.2, 0) is 4.74 Å². The molecule has 0 N–H and O–H groups in total. The van der Waals surface area contributed by atoms with Crippen LogP contribution in [0.25, 0.3) is 0 Å². The van der Waals surface area contributed by atoms with Gasteiger partial charge in [-0.05, 0) is 26.7 Å². The van der Waals surface area contributed by atoms with Gasteiger partial charge in [0.1, 0.15) is 7.85 Å². The first-order valence-corrected chi connectivity index (χ1v) is 3.28. The van der Waals surface area contributed by atoms with Gasteiger partial charge in [-0.2, -0.15) is 0 Å². The van der Waals surface area contributed by atoms with Crippen molar-refractivity contribution in [3.05, 3.63) is 0 Å². The van der Waals surface area contributed by atoms with Gasteiger partial charge in [-0.1, -0.05) is 0 Å². The summed E-state index contributed by atoms with van der Waals surface area (Å²) >= 11 is 0. The molecule has 1 saturated heterocycles. The molecule has 1 aliphatic rings. The van der Waals surface area contributed by atoms with Crippen molar-refractivity contribution in [2.24, 2.45) is 0 Å². The van der Waals surface area contributed by atoms with Crippen LogP contribution in [0.2, 0.25) is 0 Å². The van der Waals surface area contributed by atoms with Gasteiger partial charge in [0, 0.05) is 5.50 Å². The summed E-state index contributed by atoms with van der Waals surface area (Å²) in [6.45, 7) is 4.28. The Hall–Kier alpha value is 0.0249. The Morgan fingerprint density at radius 1 is 1.75 bits per heavy atom. The average molecular weight is 112 g/mol. The smallest absolute Gasteiger partial charge is 0.142 e. The summed E-state index contributed by atoms with van der Waals surface area (Å²) in [6.07, 6.45) is 2.94. The SMILES string of the molecule is B[C@@]1(C)CC[C@@H](C)O1. The van der Waals surface area contributed by atoms with E-state index in [4.69, 9.17) is 4.74 Å². The van der Waals surface area contributed by atoms with Crippen LogP contribution in [-0.4, -0.2) is 19.5 Å².